The number of hydrogen-bond acceptors (Lipinski definition) is 5. The van der Waals surface area contributed by atoms with Crippen LogP contribution >= 0.6 is 0 Å². The first-order valence-corrected chi connectivity index (χ1v) is 11.4. The molecule has 0 amide bonds. The molecule has 0 aliphatic carbocycles. The highest BCUT2D eigenvalue weighted by atomic mass is 16.5. The maximum atomic E-state index is 5.98. The van der Waals surface area contributed by atoms with Crippen LogP contribution in [0.4, 0.5) is 0 Å². The first kappa shape index (κ1) is 21.7. The molecule has 1 N–H and O–H groups in total. The Morgan fingerprint density at radius 1 is 0.941 bits per heavy atom. The van der Waals surface area contributed by atoms with Crippen molar-refractivity contribution in [2.45, 2.75) is 32.7 Å². The Kier molecular flexibility index (Phi) is 6.25. The molecule has 0 fully saturated rings. The predicted molar refractivity (Wildman–Crippen MR) is 130 cm³/mol. The number of H-pyrrole nitrogens is 1. The average Bonchev–Trinajstić information content (AvgIpc) is 3.61. The Hall–Kier alpha value is -4.13. The molecule has 3 aromatic heterocycles. The van der Waals surface area contributed by atoms with E-state index in [0.29, 0.717) is 18.9 Å². The van der Waals surface area contributed by atoms with Crippen molar-refractivity contribution >= 4 is 0 Å². The third-order valence-electron chi connectivity index (χ3n) is 5.79. The van der Waals surface area contributed by atoms with E-state index < -0.39 is 0 Å². The third-order valence-corrected chi connectivity index (χ3v) is 5.79. The van der Waals surface area contributed by atoms with Gasteiger partial charge in [0.1, 0.15) is 17.3 Å². The van der Waals surface area contributed by atoms with Crippen molar-refractivity contribution in [3.8, 4) is 17.2 Å². The predicted octanol–water partition coefficient (Wildman–Crippen LogP) is 5.33. The number of aryl methyl sites for hydroxylation is 2. The van der Waals surface area contributed by atoms with Crippen LogP contribution in [0.3, 0.4) is 0 Å². The SMILES string of the molecule is Cc1nnc([C@@H](Cc2ccc(OCCc3nc(-c4ccccc4)oc3C)cc2)n2cccc2)[nH]1. The maximum Gasteiger partial charge on any atom is 0.226 e. The van der Waals surface area contributed by atoms with Crippen molar-refractivity contribution in [3.63, 3.8) is 0 Å². The van der Waals surface area contributed by atoms with Gasteiger partial charge in [0.2, 0.25) is 5.89 Å². The van der Waals surface area contributed by atoms with Crippen LogP contribution in [0, 0.1) is 13.8 Å². The number of benzene rings is 2. The summed E-state index contributed by atoms with van der Waals surface area (Å²) in [4.78, 5) is 7.92. The minimum absolute atomic E-state index is 0.0527. The van der Waals surface area contributed by atoms with Crippen molar-refractivity contribution in [3.05, 3.63) is 108 Å². The van der Waals surface area contributed by atoms with E-state index >= 15 is 0 Å². The summed E-state index contributed by atoms with van der Waals surface area (Å²) in [5.74, 6) is 3.98. The number of aromatic amines is 1. The number of rotatable bonds is 9. The van der Waals surface area contributed by atoms with Gasteiger partial charge in [-0.3, -0.25) is 0 Å². The van der Waals surface area contributed by atoms with E-state index in [-0.39, 0.29) is 6.04 Å². The van der Waals surface area contributed by atoms with E-state index in [2.05, 4.69) is 49.3 Å². The van der Waals surface area contributed by atoms with Crippen LogP contribution in [-0.2, 0) is 12.8 Å². The topological polar surface area (TPSA) is 81.8 Å². The van der Waals surface area contributed by atoms with Gasteiger partial charge in [0, 0.05) is 30.8 Å². The zero-order chi connectivity index (χ0) is 23.3. The summed E-state index contributed by atoms with van der Waals surface area (Å²) in [7, 11) is 0. The first-order valence-electron chi connectivity index (χ1n) is 11.4. The Labute approximate surface area is 198 Å². The number of nitrogens with one attached hydrogen (secondary N) is 1. The number of hydrogen-bond donors (Lipinski definition) is 1. The summed E-state index contributed by atoms with van der Waals surface area (Å²) in [6.45, 7) is 4.39. The molecule has 0 aliphatic heterocycles. The highest BCUT2D eigenvalue weighted by Gasteiger charge is 2.18. The second-order valence-electron chi connectivity index (χ2n) is 8.28. The molecule has 172 valence electrons. The molecule has 0 aliphatic rings. The van der Waals surface area contributed by atoms with Gasteiger partial charge in [-0.05, 0) is 55.8 Å². The summed E-state index contributed by atoms with van der Waals surface area (Å²) in [5.41, 5.74) is 3.10. The zero-order valence-electron chi connectivity index (χ0n) is 19.3. The summed E-state index contributed by atoms with van der Waals surface area (Å²) in [6.07, 6.45) is 5.58. The molecular formula is C27H27N5O2. The summed E-state index contributed by atoms with van der Waals surface area (Å²) < 4.78 is 14.0. The lowest BCUT2D eigenvalue weighted by molar-refractivity contribution is 0.319. The van der Waals surface area contributed by atoms with Gasteiger partial charge in [0.15, 0.2) is 5.82 Å². The van der Waals surface area contributed by atoms with E-state index in [4.69, 9.17) is 9.15 Å². The van der Waals surface area contributed by atoms with Crippen LogP contribution in [-0.4, -0.2) is 31.3 Å². The molecule has 34 heavy (non-hydrogen) atoms. The Morgan fingerprint density at radius 3 is 2.41 bits per heavy atom. The van der Waals surface area contributed by atoms with Crippen molar-refractivity contribution < 1.29 is 9.15 Å². The smallest absolute Gasteiger partial charge is 0.226 e. The molecule has 0 radical (unpaired) electrons. The molecule has 0 saturated heterocycles. The van der Waals surface area contributed by atoms with E-state index in [9.17, 15) is 0 Å². The van der Waals surface area contributed by atoms with Crippen LogP contribution < -0.4 is 4.74 Å². The molecule has 1 atom stereocenters. The van der Waals surface area contributed by atoms with Crippen LogP contribution in [0.2, 0.25) is 0 Å². The first-order chi connectivity index (χ1) is 16.7. The standard InChI is InChI=1S/C27H27N5O2/c1-19-24(29-27(34-19)22-8-4-3-5-9-22)14-17-33-23-12-10-21(11-13-23)18-25(32-15-6-7-16-32)26-28-20(2)30-31-26/h3-13,15-16,25H,14,17-18H2,1-2H3,(H,28,30,31)/t25-/m1/s1. The van der Waals surface area contributed by atoms with Crippen LogP contribution in [0.25, 0.3) is 11.5 Å². The number of ether oxygens (including phenoxy) is 1. The van der Waals surface area contributed by atoms with Crippen LogP contribution in [0.5, 0.6) is 5.75 Å². The van der Waals surface area contributed by atoms with Gasteiger partial charge in [-0.2, -0.15) is 0 Å². The molecule has 0 unspecified atom stereocenters. The summed E-state index contributed by atoms with van der Waals surface area (Å²) in [5, 5.41) is 8.45. The van der Waals surface area contributed by atoms with E-state index in [1.165, 1.54) is 5.56 Å². The molecule has 0 saturated carbocycles. The second-order valence-corrected chi connectivity index (χ2v) is 8.28. The van der Waals surface area contributed by atoms with Gasteiger partial charge in [0.05, 0.1) is 18.3 Å². The molecule has 5 rings (SSSR count). The van der Waals surface area contributed by atoms with Crippen molar-refractivity contribution in [1.82, 2.24) is 24.7 Å². The van der Waals surface area contributed by atoms with Gasteiger partial charge >= 0.3 is 0 Å². The fraction of sp³-hybridized carbons (Fsp3) is 0.222. The molecule has 7 heteroatoms. The fourth-order valence-electron chi connectivity index (χ4n) is 3.99. The Morgan fingerprint density at radius 2 is 1.71 bits per heavy atom. The lowest BCUT2D eigenvalue weighted by Crippen LogP contribution is -2.13. The fourth-order valence-corrected chi connectivity index (χ4v) is 3.99. The molecule has 3 heterocycles. The monoisotopic (exact) mass is 453 g/mol. The highest BCUT2D eigenvalue weighted by Crippen LogP contribution is 2.24. The van der Waals surface area contributed by atoms with Crippen LogP contribution in [0.1, 0.15) is 34.7 Å². The van der Waals surface area contributed by atoms with Gasteiger partial charge in [0.25, 0.3) is 0 Å². The molecular weight excluding hydrogens is 426 g/mol. The van der Waals surface area contributed by atoms with Crippen molar-refractivity contribution in [2.24, 2.45) is 0 Å². The number of oxazole rings is 1. The maximum absolute atomic E-state index is 5.98. The molecule has 7 nitrogen and oxygen atoms in total. The van der Waals surface area contributed by atoms with Crippen LogP contribution in [0.15, 0.2) is 83.5 Å². The average molecular weight is 454 g/mol. The van der Waals surface area contributed by atoms with Gasteiger partial charge < -0.3 is 18.7 Å². The minimum Gasteiger partial charge on any atom is -0.493 e. The van der Waals surface area contributed by atoms with Gasteiger partial charge in [-0.25, -0.2) is 4.98 Å². The Balaban J connectivity index is 1.20. The van der Waals surface area contributed by atoms with Gasteiger partial charge in [-0.15, -0.1) is 10.2 Å². The quantitative estimate of drug-likeness (QED) is 0.326. The summed E-state index contributed by atoms with van der Waals surface area (Å²) in [6, 6.07) is 22.3. The van der Waals surface area contributed by atoms with Crippen molar-refractivity contribution in [2.75, 3.05) is 6.61 Å². The number of aromatic nitrogens is 5. The molecule has 0 spiro atoms. The normalized spacial score (nSPS) is 12.1. The number of nitrogens with zero attached hydrogens (tertiary/aromatic N) is 4. The second kappa shape index (κ2) is 9.79. The molecule has 0 bridgehead atoms. The van der Waals surface area contributed by atoms with E-state index in [0.717, 1.165) is 40.8 Å². The highest BCUT2D eigenvalue weighted by molar-refractivity contribution is 5.53. The Bertz CT molecular complexity index is 1320. The summed E-state index contributed by atoms with van der Waals surface area (Å²) >= 11 is 0. The molecule has 2 aromatic carbocycles. The zero-order valence-corrected chi connectivity index (χ0v) is 19.3. The van der Waals surface area contributed by atoms with E-state index in [1.54, 1.807) is 0 Å². The lowest BCUT2D eigenvalue weighted by atomic mass is 10.1. The molecule has 5 aromatic rings. The lowest BCUT2D eigenvalue weighted by Gasteiger charge is -2.17. The minimum atomic E-state index is 0.0527. The van der Waals surface area contributed by atoms with E-state index in [1.807, 2.05) is 68.4 Å². The third kappa shape index (κ3) is 4.93. The van der Waals surface area contributed by atoms with Gasteiger partial charge in [-0.1, -0.05) is 30.3 Å². The van der Waals surface area contributed by atoms with Crippen molar-refractivity contribution in [1.29, 1.82) is 0 Å². The largest absolute Gasteiger partial charge is 0.493 e.